The van der Waals surface area contributed by atoms with Crippen LogP contribution in [-0.4, -0.2) is 248 Å². The number of carbonyl (C=O) groups is 13. The van der Waals surface area contributed by atoms with Crippen LogP contribution in [0.3, 0.4) is 0 Å². The Balaban J connectivity index is 1.78. The van der Waals surface area contributed by atoms with E-state index in [9.17, 15) is 82.8 Å². The Morgan fingerprint density at radius 3 is 1.68 bits per heavy atom. The number of β-amino-alcohol motifs (C(OH)–C–C–N with tert-alkyl or cyclic N) is 1. The fourth-order valence-electron chi connectivity index (χ4n) is 10.7. The van der Waals surface area contributed by atoms with Gasteiger partial charge in [-0.15, -0.1) is 0 Å². The zero-order valence-corrected chi connectivity index (χ0v) is 58.3. The molecule has 34 nitrogen and oxygen atoms in total. The highest BCUT2D eigenvalue weighted by Gasteiger charge is 2.48. The van der Waals surface area contributed by atoms with Crippen LogP contribution in [0.15, 0.2) is 30.3 Å². The van der Waals surface area contributed by atoms with Crippen molar-refractivity contribution in [1.29, 1.82) is 5.41 Å². The summed E-state index contributed by atoms with van der Waals surface area (Å²) in [5.41, 5.74) is 17.4. The number of rotatable bonds is 41. The van der Waals surface area contributed by atoms with Crippen molar-refractivity contribution >= 4 is 108 Å². The maximum absolute atomic E-state index is 14.8. The largest absolute Gasteiger partial charge is 0.480 e. The standard InChI is InChI=1S/C62H103N17O17S2/c1-8-31(3)46(57(91)74-43(30-98)55(89)72-41(61(95)96)25-36-17-11-10-12-18-36)75-56(90)44-21-16-24-78(44)59(93)45-26-37(82)27-79(45)60(94)47(32(4)9-2)76-54(88)42(28-80)73-53(87)39(19-13-14-22-63)71-58(92)48(35(7)81)77-50(84)34(6)69-52(86)40(20-15-23-67-62(65)66)70-49(83)33(5)68-51(85)38(64)29-97/h10-12,17-18,31-35,37-48,80-82,97-98H,8-9,13-16,19-30,63-64H2,1-7H3,(H,68,85)(H,69,86)(H,70,83)(H,71,92)(H,72,89)(H,73,87)(H,74,91)(H,75,90)(H,76,88)(H,77,84)(H,95,96)(H4,65,66,67)/t31-,32-,33-,34-,35+,37+,38-,39-,40-,41-,42-,43-,44-,45-,46-,47-,48-/m0/s1. The van der Waals surface area contributed by atoms with Gasteiger partial charge in [0.15, 0.2) is 5.96 Å². The number of aliphatic hydroxyl groups is 3. The van der Waals surface area contributed by atoms with Gasteiger partial charge in [-0.05, 0) is 89.7 Å². The number of carbonyl (C=O) groups excluding carboxylic acids is 12. The van der Waals surface area contributed by atoms with Crippen LogP contribution in [-0.2, 0) is 68.7 Å². The lowest BCUT2D eigenvalue weighted by Crippen LogP contribution is -2.62. The predicted molar refractivity (Wildman–Crippen MR) is 365 cm³/mol. The monoisotopic (exact) mass is 1420 g/mol. The van der Waals surface area contributed by atoms with E-state index in [0.29, 0.717) is 24.8 Å². The molecule has 2 fully saturated rings. The Bertz CT molecular complexity index is 2910. The number of guanidine groups is 1. The number of hydrogen-bond acceptors (Lipinski definition) is 21. The van der Waals surface area contributed by atoms with E-state index in [2.05, 4.69) is 83.7 Å². The highest BCUT2D eigenvalue weighted by Crippen LogP contribution is 2.28. The number of hydrogen-bond donors (Lipinski definition) is 21. The Morgan fingerprint density at radius 1 is 0.612 bits per heavy atom. The van der Waals surface area contributed by atoms with Gasteiger partial charge in [-0.1, -0.05) is 70.9 Å². The first-order valence-corrected chi connectivity index (χ1v) is 34.2. The minimum Gasteiger partial charge on any atom is -0.480 e. The minimum absolute atomic E-state index is 0.0213. The van der Waals surface area contributed by atoms with Crippen LogP contribution in [0.5, 0.6) is 0 Å². The molecule has 0 aromatic heterocycles. The van der Waals surface area contributed by atoms with E-state index < -0.39 is 186 Å². The lowest BCUT2D eigenvalue weighted by molar-refractivity contribution is -0.149. The van der Waals surface area contributed by atoms with Gasteiger partial charge < -0.3 is 106 Å². The summed E-state index contributed by atoms with van der Waals surface area (Å²) in [5, 5.41) is 77.3. The quantitative estimate of drug-likeness (QED) is 0.0126. The Morgan fingerprint density at radius 2 is 1.12 bits per heavy atom. The van der Waals surface area contributed by atoms with Crippen molar-refractivity contribution in [2.45, 2.75) is 210 Å². The van der Waals surface area contributed by atoms with E-state index in [-0.39, 0.29) is 95.0 Å². The number of amides is 12. The molecule has 12 amide bonds. The van der Waals surface area contributed by atoms with E-state index in [0.717, 1.165) is 11.8 Å². The number of unbranched alkanes of at least 4 members (excludes halogenated alkanes) is 1. The average Bonchev–Trinajstić information content (AvgIpc) is 1.62. The number of thiol groups is 2. The van der Waals surface area contributed by atoms with Gasteiger partial charge in [0.05, 0.1) is 24.9 Å². The third kappa shape index (κ3) is 26.1. The van der Waals surface area contributed by atoms with Gasteiger partial charge in [0.2, 0.25) is 70.9 Å². The van der Waals surface area contributed by atoms with E-state index in [1.54, 1.807) is 58.0 Å². The third-order valence-electron chi connectivity index (χ3n) is 17.1. The van der Waals surface area contributed by atoms with Crippen molar-refractivity contribution in [3.63, 3.8) is 0 Å². The van der Waals surface area contributed by atoms with E-state index in [4.69, 9.17) is 22.6 Å². The summed E-state index contributed by atoms with van der Waals surface area (Å²) in [6, 6.07) is -9.35. The van der Waals surface area contributed by atoms with Crippen LogP contribution < -0.4 is 75.7 Å². The molecule has 0 bridgehead atoms. The molecular weight excluding hydrogens is 1320 g/mol. The molecule has 550 valence electrons. The first-order chi connectivity index (χ1) is 46.3. The molecule has 98 heavy (non-hydrogen) atoms. The molecule has 0 aliphatic carbocycles. The maximum atomic E-state index is 14.8. The molecule has 0 spiro atoms. The van der Waals surface area contributed by atoms with Crippen LogP contribution in [0.2, 0.25) is 0 Å². The molecule has 2 heterocycles. The molecule has 0 unspecified atom stereocenters. The van der Waals surface area contributed by atoms with Crippen molar-refractivity contribution in [2.75, 3.05) is 44.3 Å². The van der Waals surface area contributed by atoms with Gasteiger partial charge in [0, 0.05) is 44.0 Å². The molecule has 0 radical (unpaired) electrons. The summed E-state index contributed by atoms with van der Waals surface area (Å²) < 4.78 is 0. The number of nitrogens with two attached hydrogens (primary N) is 3. The first kappa shape index (κ1) is 84.3. The van der Waals surface area contributed by atoms with Crippen LogP contribution in [0, 0.1) is 17.2 Å². The summed E-state index contributed by atoms with van der Waals surface area (Å²) in [6.07, 6.45) is -1.54. The normalized spacial score (nSPS) is 19.4. The molecule has 22 N–H and O–H groups in total. The Labute approximate surface area is 581 Å². The third-order valence-corrected chi connectivity index (χ3v) is 17.8. The molecular formula is C62H103N17O17S2. The number of aliphatic carboxylic acids is 1. The summed E-state index contributed by atoms with van der Waals surface area (Å²) >= 11 is 8.22. The van der Waals surface area contributed by atoms with Gasteiger partial charge in [-0.3, -0.25) is 62.9 Å². The van der Waals surface area contributed by atoms with Gasteiger partial charge in [0.25, 0.3) is 0 Å². The molecule has 17 atom stereocenters. The number of nitrogens with zero attached hydrogens (tertiary/aromatic N) is 2. The summed E-state index contributed by atoms with van der Waals surface area (Å²) in [6.45, 7) is 9.42. The summed E-state index contributed by atoms with van der Waals surface area (Å²) in [5.74, 6) is -13.6. The van der Waals surface area contributed by atoms with E-state index in [1.165, 1.54) is 18.7 Å². The fraction of sp³-hybridized carbons (Fsp3) is 0.677. The SMILES string of the molecule is CC[C@H](C)[C@H](NC(=O)[C@@H]1CCCN1C(=O)[C@@H]1C[C@@H](O)CN1C(=O)[C@@H](NC(=O)[C@H](CO)NC(=O)[C@H](CCCCN)NC(=O)[C@@H](NC(=O)[C@H](C)NC(=O)[C@H](CCCNC(=N)N)NC(=O)[C@H](C)NC(=O)[C@@H](N)CS)[C@@H](C)O)[C@@H](C)CC)C(=O)N[C@@H](CS)C(=O)N[C@@H](Cc1ccccc1)C(=O)O. The topological polar surface area (TPSA) is 544 Å². The Kier molecular flexibility index (Phi) is 36.3. The van der Waals surface area contributed by atoms with Crippen LogP contribution in [0.25, 0.3) is 0 Å². The van der Waals surface area contributed by atoms with Gasteiger partial charge >= 0.3 is 5.97 Å². The van der Waals surface area contributed by atoms with Crippen molar-refractivity contribution in [1.82, 2.24) is 68.3 Å². The molecule has 3 rings (SSSR count). The molecule has 36 heteroatoms. The van der Waals surface area contributed by atoms with E-state index in [1.807, 2.05) is 0 Å². The smallest absolute Gasteiger partial charge is 0.326 e. The Hall–Kier alpha value is -7.90. The second-order valence-electron chi connectivity index (χ2n) is 24.8. The first-order valence-electron chi connectivity index (χ1n) is 32.9. The predicted octanol–water partition coefficient (Wildman–Crippen LogP) is -5.80. The lowest BCUT2D eigenvalue weighted by atomic mass is 9.96. The highest BCUT2D eigenvalue weighted by atomic mass is 32.1. The zero-order valence-electron chi connectivity index (χ0n) is 56.5. The zero-order chi connectivity index (χ0) is 73.7. The number of nitrogens with one attached hydrogen (secondary N) is 12. The molecule has 2 aliphatic heterocycles. The highest BCUT2D eigenvalue weighted by molar-refractivity contribution is 7.80. The van der Waals surface area contributed by atoms with Crippen LogP contribution >= 0.6 is 25.3 Å². The number of aliphatic hydroxyl groups excluding tert-OH is 3. The number of carboxylic acids is 1. The van der Waals surface area contributed by atoms with Gasteiger partial charge in [0.1, 0.15) is 72.5 Å². The second-order valence-corrected chi connectivity index (χ2v) is 25.5. The van der Waals surface area contributed by atoms with Gasteiger partial charge in [-0.2, -0.15) is 25.3 Å². The molecule has 0 saturated carbocycles. The van der Waals surface area contributed by atoms with Gasteiger partial charge in [-0.25, -0.2) is 4.79 Å². The lowest BCUT2D eigenvalue weighted by Gasteiger charge is -2.35. The fourth-order valence-corrected chi connectivity index (χ4v) is 11.2. The molecule has 1 aromatic carbocycles. The minimum atomic E-state index is -1.79. The van der Waals surface area contributed by atoms with Crippen LogP contribution in [0.4, 0.5) is 0 Å². The molecule has 1 aromatic rings. The molecule has 2 aliphatic rings. The number of likely N-dealkylation sites (tertiary alicyclic amines) is 2. The van der Waals surface area contributed by atoms with Crippen molar-refractivity contribution in [2.24, 2.45) is 29.0 Å². The number of carboxylic acid groups (broad SMARTS) is 1. The summed E-state index contributed by atoms with van der Waals surface area (Å²) in [4.78, 5) is 181. The molecule has 2 saturated heterocycles. The second kappa shape index (κ2) is 42.1. The van der Waals surface area contributed by atoms with Crippen molar-refractivity contribution in [3.8, 4) is 0 Å². The van der Waals surface area contributed by atoms with Crippen molar-refractivity contribution in [3.05, 3.63) is 35.9 Å². The van der Waals surface area contributed by atoms with Crippen LogP contribution in [0.1, 0.15) is 118 Å². The van der Waals surface area contributed by atoms with E-state index >= 15 is 0 Å². The summed E-state index contributed by atoms with van der Waals surface area (Å²) in [7, 11) is 0. The average molecular weight is 1420 g/mol. The number of benzene rings is 1. The van der Waals surface area contributed by atoms with Crippen molar-refractivity contribution < 1.29 is 82.8 Å². The maximum Gasteiger partial charge on any atom is 0.326 e.